The molecule has 0 unspecified atom stereocenters. The Labute approximate surface area is 128 Å². The zero-order valence-corrected chi connectivity index (χ0v) is 13.5. The minimum absolute atomic E-state index is 0.0353. The van der Waals surface area contributed by atoms with Crippen LogP contribution in [0.15, 0.2) is 16.3 Å². The third kappa shape index (κ3) is 4.26. The van der Waals surface area contributed by atoms with Gasteiger partial charge in [0.15, 0.2) is 0 Å². The lowest BCUT2D eigenvalue weighted by atomic mass is 10.1. The zero-order valence-electron chi connectivity index (χ0n) is 11.9. The van der Waals surface area contributed by atoms with E-state index in [0.717, 1.165) is 50.2 Å². The molecule has 0 atom stereocenters. The summed E-state index contributed by atoms with van der Waals surface area (Å²) >= 11 is 0.785. The number of carboxylic acid groups (broad SMARTS) is 1. The number of rotatable bonds is 6. The van der Waals surface area contributed by atoms with Crippen molar-refractivity contribution in [1.29, 1.82) is 0 Å². The predicted octanol–water partition coefficient (Wildman–Crippen LogP) is 1.60. The van der Waals surface area contributed by atoms with Crippen LogP contribution in [0, 0.1) is 0 Å². The quantitative estimate of drug-likeness (QED) is 0.826. The molecule has 0 spiro atoms. The summed E-state index contributed by atoms with van der Waals surface area (Å²) in [6.45, 7) is 4.97. The van der Waals surface area contributed by atoms with Crippen molar-refractivity contribution < 1.29 is 18.3 Å². The van der Waals surface area contributed by atoms with Crippen molar-refractivity contribution in [2.75, 3.05) is 19.6 Å². The molecule has 6 nitrogen and oxygen atoms in total. The molecule has 1 aliphatic heterocycles. The van der Waals surface area contributed by atoms with Crippen molar-refractivity contribution in [3.8, 4) is 0 Å². The molecule has 8 heteroatoms. The molecule has 2 N–H and O–H groups in total. The first-order valence-electron chi connectivity index (χ1n) is 7.00. The van der Waals surface area contributed by atoms with Crippen LogP contribution >= 0.6 is 11.3 Å². The molecule has 2 heterocycles. The number of carbonyl (C=O) groups is 1. The van der Waals surface area contributed by atoms with Crippen LogP contribution in [0.1, 0.15) is 35.9 Å². The minimum atomic E-state index is -3.62. The van der Waals surface area contributed by atoms with E-state index in [1.54, 1.807) is 0 Å². The Morgan fingerprint density at radius 1 is 1.43 bits per heavy atom. The maximum absolute atomic E-state index is 12.2. The maximum atomic E-state index is 12.2. The zero-order chi connectivity index (χ0) is 15.5. The van der Waals surface area contributed by atoms with Crippen molar-refractivity contribution in [1.82, 2.24) is 9.62 Å². The van der Waals surface area contributed by atoms with E-state index in [0.29, 0.717) is 0 Å². The van der Waals surface area contributed by atoms with Crippen molar-refractivity contribution in [3.05, 3.63) is 17.0 Å². The van der Waals surface area contributed by atoms with E-state index in [4.69, 9.17) is 5.11 Å². The number of hydrogen-bond acceptors (Lipinski definition) is 5. The molecule has 0 radical (unpaired) electrons. The highest BCUT2D eigenvalue weighted by Gasteiger charge is 2.25. The summed E-state index contributed by atoms with van der Waals surface area (Å²) in [6.07, 6.45) is 2.68. The van der Waals surface area contributed by atoms with Gasteiger partial charge in [-0.05, 0) is 51.0 Å². The number of sulfonamides is 1. The van der Waals surface area contributed by atoms with E-state index >= 15 is 0 Å². The van der Waals surface area contributed by atoms with Gasteiger partial charge < -0.3 is 10.0 Å². The van der Waals surface area contributed by atoms with Gasteiger partial charge in [-0.25, -0.2) is 17.9 Å². The number of likely N-dealkylation sites (tertiary alicyclic amines) is 1. The first-order chi connectivity index (χ1) is 9.92. The Morgan fingerprint density at radius 2 is 2.10 bits per heavy atom. The molecule has 0 aromatic carbocycles. The van der Waals surface area contributed by atoms with Crippen LogP contribution in [-0.4, -0.2) is 50.1 Å². The van der Waals surface area contributed by atoms with Gasteiger partial charge in [-0.3, -0.25) is 0 Å². The highest BCUT2D eigenvalue weighted by molar-refractivity contribution is 7.91. The molecule has 2 rings (SSSR count). The van der Waals surface area contributed by atoms with E-state index in [-0.39, 0.29) is 15.1 Å². The molecule has 118 valence electrons. The summed E-state index contributed by atoms with van der Waals surface area (Å²) in [5.74, 6) is -1.10. The topological polar surface area (TPSA) is 86.7 Å². The van der Waals surface area contributed by atoms with Gasteiger partial charge in [0, 0.05) is 6.04 Å². The molecule has 1 saturated heterocycles. The van der Waals surface area contributed by atoms with Crippen LogP contribution in [0.5, 0.6) is 0 Å². The fourth-order valence-corrected chi connectivity index (χ4v) is 4.91. The van der Waals surface area contributed by atoms with E-state index in [1.807, 2.05) is 0 Å². The van der Waals surface area contributed by atoms with Gasteiger partial charge in [0.25, 0.3) is 0 Å². The molecule has 0 saturated carbocycles. The molecular weight excluding hydrogens is 312 g/mol. The van der Waals surface area contributed by atoms with Crippen LogP contribution in [0.25, 0.3) is 0 Å². The lowest BCUT2D eigenvalue weighted by Crippen LogP contribution is -2.44. The standard InChI is InChI=1S/C13H20N2O4S2/c1-2-7-15-8-5-10(6-9-15)14-21(18,19)12-4-3-11(20-12)13(16)17/h3-4,10,14H,2,5-9H2,1H3,(H,16,17). The highest BCUT2D eigenvalue weighted by Crippen LogP contribution is 2.23. The van der Waals surface area contributed by atoms with Gasteiger partial charge in [0.2, 0.25) is 10.0 Å². The van der Waals surface area contributed by atoms with Crippen molar-refractivity contribution >= 4 is 27.3 Å². The monoisotopic (exact) mass is 332 g/mol. The largest absolute Gasteiger partial charge is 0.477 e. The Balaban J connectivity index is 1.96. The molecule has 1 aromatic rings. The molecule has 0 bridgehead atoms. The highest BCUT2D eigenvalue weighted by atomic mass is 32.2. The summed E-state index contributed by atoms with van der Waals surface area (Å²) in [6, 6.07) is 2.60. The molecule has 0 aliphatic carbocycles. The third-order valence-electron chi connectivity index (χ3n) is 3.51. The number of hydrogen-bond donors (Lipinski definition) is 2. The maximum Gasteiger partial charge on any atom is 0.345 e. The fraction of sp³-hybridized carbons (Fsp3) is 0.615. The van der Waals surface area contributed by atoms with Crippen LogP contribution in [0.4, 0.5) is 0 Å². The normalized spacial score (nSPS) is 18.0. The Hall–Kier alpha value is -0.960. The summed E-state index contributed by atoms with van der Waals surface area (Å²) in [4.78, 5) is 13.2. The number of thiophene rings is 1. The molecule has 1 aromatic heterocycles. The second kappa shape index (κ2) is 6.87. The van der Waals surface area contributed by atoms with Gasteiger partial charge in [0.05, 0.1) is 0 Å². The number of piperidine rings is 1. The summed E-state index contributed by atoms with van der Waals surface area (Å²) < 4.78 is 27.2. The van der Waals surface area contributed by atoms with Crippen LogP contribution in [0.3, 0.4) is 0 Å². The number of nitrogens with one attached hydrogen (secondary N) is 1. The first kappa shape index (κ1) is 16.4. The summed E-state index contributed by atoms with van der Waals surface area (Å²) in [5, 5.41) is 8.85. The van der Waals surface area contributed by atoms with Crippen molar-refractivity contribution in [2.45, 2.75) is 36.4 Å². The third-order valence-corrected chi connectivity index (χ3v) is 6.59. The molecule has 1 aliphatic rings. The Morgan fingerprint density at radius 3 is 2.62 bits per heavy atom. The van der Waals surface area contributed by atoms with Gasteiger partial charge in [-0.1, -0.05) is 6.92 Å². The molecular formula is C13H20N2O4S2. The summed E-state index contributed by atoms with van der Waals surface area (Å²) in [7, 11) is -3.62. The molecule has 1 fully saturated rings. The second-order valence-corrected chi connectivity index (χ2v) is 8.19. The number of nitrogens with zero attached hydrogens (tertiary/aromatic N) is 1. The van der Waals surface area contributed by atoms with Crippen molar-refractivity contribution in [3.63, 3.8) is 0 Å². The van der Waals surface area contributed by atoms with Gasteiger partial charge in [-0.2, -0.15) is 0 Å². The molecule has 0 amide bonds. The fourth-order valence-electron chi connectivity index (χ4n) is 2.45. The average Bonchev–Trinajstić information content (AvgIpc) is 2.92. The Kier molecular flexibility index (Phi) is 5.37. The van der Waals surface area contributed by atoms with E-state index in [1.165, 1.54) is 12.1 Å². The van der Waals surface area contributed by atoms with E-state index < -0.39 is 16.0 Å². The van der Waals surface area contributed by atoms with Crippen LogP contribution in [0.2, 0.25) is 0 Å². The lowest BCUT2D eigenvalue weighted by molar-refractivity contribution is 0.0702. The SMILES string of the molecule is CCCN1CCC(NS(=O)(=O)c2ccc(C(=O)O)s2)CC1. The molecule has 21 heavy (non-hydrogen) atoms. The van der Waals surface area contributed by atoms with Gasteiger partial charge in [0.1, 0.15) is 9.09 Å². The van der Waals surface area contributed by atoms with Crippen LogP contribution in [-0.2, 0) is 10.0 Å². The van der Waals surface area contributed by atoms with Gasteiger partial charge in [-0.15, -0.1) is 11.3 Å². The predicted molar refractivity (Wildman–Crippen MR) is 81.4 cm³/mol. The smallest absolute Gasteiger partial charge is 0.345 e. The first-order valence-corrected chi connectivity index (χ1v) is 9.30. The lowest BCUT2D eigenvalue weighted by Gasteiger charge is -2.31. The minimum Gasteiger partial charge on any atom is -0.477 e. The Bertz CT molecular complexity index is 589. The number of aromatic carboxylic acids is 1. The van der Waals surface area contributed by atoms with Crippen molar-refractivity contribution in [2.24, 2.45) is 0 Å². The average molecular weight is 332 g/mol. The van der Waals surface area contributed by atoms with Gasteiger partial charge >= 0.3 is 5.97 Å². The van der Waals surface area contributed by atoms with E-state index in [9.17, 15) is 13.2 Å². The van der Waals surface area contributed by atoms with Crippen LogP contribution < -0.4 is 4.72 Å². The van der Waals surface area contributed by atoms with E-state index in [2.05, 4.69) is 16.5 Å². The second-order valence-electron chi connectivity index (χ2n) is 5.16. The summed E-state index contributed by atoms with van der Waals surface area (Å²) in [5.41, 5.74) is 0. The number of carboxylic acids is 1.